The molecule has 0 atom stereocenters. The molecule has 1 aliphatic heterocycles. The van der Waals surface area contributed by atoms with Crippen LogP contribution in [0.3, 0.4) is 0 Å². The number of carboxylic acid groups (broad SMARTS) is 1. The predicted octanol–water partition coefficient (Wildman–Crippen LogP) is 2.42. The Hall–Kier alpha value is -2.30. The Bertz CT molecular complexity index is 587. The molecule has 2 heterocycles. The molecule has 0 unspecified atom stereocenters. The van der Waals surface area contributed by atoms with Gasteiger partial charge in [-0.25, -0.2) is 4.79 Å². The van der Waals surface area contributed by atoms with Crippen LogP contribution in [0.5, 0.6) is 0 Å². The van der Waals surface area contributed by atoms with Gasteiger partial charge < -0.3 is 10.0 Å². The quantitative estimate of drug-likeness (QED) is 0.931. The molecular formula is C15H17N3O2. The van der Waals surface area contributed by atoms with E-state index in [2.05, 4.69) is 10.00 Å². The van der Waals surface area contributed by atoms with Crippen molar-refractivity contribution in [1.82, 2.24) is 9.78 Å². The van der Waals surface area contributed by atoms with E-state index in [0.29, 0.717) is 11.6 Å². The zero-order valence-corrected chi connectivity index (χ0v) is 11.1. The number of piperidine rings is 1. The molecule has 1 aromatic carbocycles. The van der Waals surface area contributed by atoms with Gasteiger partial charge in [0.15, 0.2) is 0 Å². The normalized spacial score (nSPS) is 16.3. The van der Waals surface area contributed by atoms with Crippen LogP contribution in [-0.2, 0) is 0 Å². The van der Waals surface area contributed by atoms with E-state index in [1.54, 1.807) is 18.3 Å². The third kappa shape index (κ3) is 2.39. The van der Waals surface area contributed by atoms with E-state index >= 15 is 0 Å². The minimum absolute atomic E-state index is 0.380. The second-order valence-electron chi connectivity index (χ2n) is 5.03. The summed E-state index contributed by atoms with van der Waals surface area (Å²) in [7, 11) is 0. The van der Waals surface area contributed by atoms with Gasteiger partial charge >= 0.3 is 5.97 Å². The summed E-state index contributed by atoms with van der Waals surface area (Å²) in [5.41, 5.74) is 1.20. The Morgan fingerprint density at radius 3 is 2.60 bits per heavy atom. The first-order valence-electron chi connectivity index (χ1n) is 6.82. The van der Waals surface area contributed by atoms with Crippen LogP contribution in [0, 0.1) is 0 Å². The van der Waals surface area contributed by atoms with Crippen LogP contribution in [0.15, 0.2) is 42.7 Å². The van der Waals surface area contributed by atoms with Crippen LogP contribution in [0.25, 0.3) is 0 Å². The topological polar surface area (TPSA) is 58.4 Å². The van der Waals surface area contributed by atoms with Gasteiger partial charge in [-0.3, -0.25) is 4.68 Å². The fourth-order valence-electron chi connectivity index (χ4n) is 2.80. The second-order valence-corrected chi connectivity index (χ2v) is 5.03. The molecule has 1 aliphatic rings. The number of carboxylic acids is 1. The Morgan fingerprint density at radius 2 is 1.95 bits per heavy atom. The first-order chi connectivity index (χ1) is 9.75. The van der Waals surface area contributed by atoms with Gasteiger partial charge in [-0.1, -0.05) is 12.1 Å². The molecule has 104 valence electrons. The smallest absolute Gasteiger partial charge is 0.337 e. The number of benzene rings is 1. The molecule has 5 nitrogen and oxygen atoms in total. The number of nitrogens with zero attached hydrogens (tertiary/aromatic N) is 3. The van der Waals surface area contributed by atoms with E-state index in [0.717, 1.165) is 31.6 Å². The lowest BCUT2D eigenvalue weighted by Gasteiger charge is -2.34. The van der Waals surface area contributed by atoms with Gasteiger partial charge in [-0.15, -0.1) is 0 Å². The first kappa shape index (κ1) is 12.7. The van der Waals surface area contributed by atoms with E-state index in [1.165, 1.54) is 0 Å². The van der Waals surface area contributed by atoms with Crippen LogP contribution in [0.4, 0.5) is 5.69 Å². The van der Waals surface area contributed by atoms with Gasteiger partial charge in [0.2, 0.25) is 0 Å². The minimum Gasteiger partial charge on any atom is -0.478 e. The number of para-hydroxylation sites is 1. The van der Waals surface area contributed by atoms with Crippen LogP contribution in [-0.4, -0.2) is 33.9 Å². The van der Waals surface area contributed by atoms with Crippen molar-refractivity contribution in [2.24, 2.45) is 0 Å². The molecule has 3 rings (SSSR count). The summed E-state index contributed by atoms with van der Waals surface area (Å²) in [5, 5.41) is 13.5. The molecule has 1 N–H and O–H groups in total. The number of aromatic carboxylic acids is 1. The van der Waals surface area contributed by atoms with Gasteiger partial charge in [-0.05, 0) is 31.0 Å². The van der Waals surface area contributed by atoms with Crippen LogP contribution in [0.2, 0.25) is 0 Å². The Balaban J connectivity index is 1.74. The van der Waals surface area contributed by atoms with Gasteiger partial charge in [0, 0.05) is 25.5 Å². The van der Waals surface area contributed by atoms with Crippen molar-refractivity contribution in [3.8, 4) is 0 Å². The maximum Gasteiger partial charge on any atom is 0.337 e. The largest absolute Gasteiger partial charge is 0.478 e. The highest BCUT2D eigenvalue weighted by molar-refractivity contribution is 5.94. The molecule has 1 saturated heterocycles. The molecule has 5 heteroatoms. The summed E-state index contributed by atoms with van der Waals surface area (Å²) >= 11 is 0. The number of hydrogen-bond acceptors (Lipinski definition) is 3. The third-order valence-corrected chi connectivity index (χ3v) is 3.84. The lowest BCUT2D eigenvalue weighted by Crippen LogP contribution is -2.35. The molecule has 0 saturated carbocycles. The van der Waals surface area contributed by atoms with Crippen molar-refractivity contribution in [3.05, 3.63) is 48.3 Å². The van der Waals surface area contributed by atoms with Crippen LogP contribution in [0.1, 0.15) is 29.2 Å². The molecule has 20 heavy (non-hydrogen) atoms. The van der Waals surface area contributed by atoms with Gasteiger partial charge in [0.1, 0.15) is 0 Å². The van der Waals surface area contributed by atoms with Gasteiger partial charge in [0.25, 0.3) is 0 Å². The summed E-state index contributed by atoms with van der Waals surface area (Å²) in [5.74, 6) is -0.866. The number of rotatable bonds is 3. The van der Waals surface area contributed by atoms with Gasteiger partial charge in [0.05, 0.1) is 17.3 Å². The maximum absolute atomic E-state index is 11.3. The molecule has 0 radical (unpaired) electrons. The summed E-state index contributed by atoms with van der Waals surface area (Å²) in [6.07, 6.45) is 5.75. The zero-order valence-electron chi connectivity index (χ0n) is 11.1. The monoisotopic (exact) mass is 271 g/mol. The Morgan fingerprint density at radius 1 is 1.20 bits per heavy atom. The van der Waals surface area contributed by atoms with Crippen molar-refractivity contribution < 1.29 is 9.90 Å². The molecule has 0 bridgehead atoms. The van der Waals surface area contributed by atoms with E-state index in [1.807, 2.05) is 29.1 Å². The number of hydrogen-bond donors (Lipinski definition) is 1. The van der Waals surface area contributed by atoms with Crippen LogP contribution >= 0.6 is 0 Å². The van der Waals surface area contributed by atoms with Crippen LogP contribution < -0.4 is 4.90 Å². The zero-order chi connectivity index (χ0) is 13.9. The lowest BCUT2D eigenvalue weighted by molar-refractivity contribution is 0.0697. The van der Waals surface area contributed by atoms with Crippen molar-refractivity contribution in [3.63, 3.8) is 0 Å². The average molecular weight is 271 g/mol. The molecule has 2 aromatic rings. The Labute approximate surface area is 117 Å². The lowest BCUT2D eigenvalue weighted by atomic mass is 10.0. The molecule has 0 spiro atoms. The summed E-state index contributed by atoms with van der Waals surface area (Å²) in [6.45, 7) is 1.71. The van der Waals surface area contributed by atoms with Crippen molar-refractivity contribution in [2.45, 2.75) is 18.9 Å². The second kappa shape index (κ2) is 5.36. The van der Waals surface area contributed by atoms with Crippen molar-refractivity contribution >= 4 is 11.7 Å². The van der Waals surface area contributed by atoms with E-state index in [9.17, 15) is 9.90 Å². The van der Waals surface area contributed by atoms with E-state index < -0.39 is 5.97 Å². The number of anilines is 1. The SMILES string of the molecule is O=C(O)c1ccccc1N1CCC(n2cccn2)CC1. The van der Waals surface area contributed by atoms with E-state index in [4.69, 9.17) is 0 Å². The Kier molecular flexibility index (Phi) is 3.41. The van der Waals surface area contributed by atoms with Crippen molar-refractivity contribution in [2.75, 3.05) is 18.0 Å². The fraction of sp³-hybridized carbons (Fsp3) is 0.333. The average Bonchev–Trinajstić information content (AvgIpc) is 3.02. The highest BCUT2D eigenvalue weighted by Gasteiger charge is 2.23. The number of aromatic nitrogens is 2. The molecule has 1 aromatic heterocycles. The highest BCUT2D eigenvalue weighted by Crippen LogP contribution is 2.28. The molecular weight excluding hydrogens is 254 g/mol. The molecule has 1 fully saturated rings. The third-order valence-electron chi connectivity index (χ3n) is 3.84. The molecule has 0 aliphatic carbocycles. The molecule has 0 amide bonds. The van der Waals surface area contributed by atoms with Gasteiger partial charge in [-0.2, -0.15) is 5.10 Å². The first-order valence-corrected chi connectivity index (χ1v) is 6.82. The summed E-state index contributed by atoms with van der Waals surface area (Å²) < 4.78 is 2.00. The van der Waals surface area contributed by atoms with E-state index in [-0.39, 0.29) is 0 Å². The van der Waals surface area contributed by atoms with Crippen molar-refractivity contribution in [1.29, 1.82) is 0 Å². The predicted molar refractivity (Wildman–Crippen MR) is 76.1 cm³/mol. The maximum atomic E-state index is 11.3. The number of carbonyl (C=O) groups is 1. The highest BCUT2D eigenvalue weighted by atomic mass is 16.4. The summed E-state index contributed by atoms with van der Waals surface area (Å²) in [4.78, 5) is 13.4. The summed E-state index contributed by atoms with van der Waals surface area (Å²) in [6, 6.07) is 9.56. The fourth-order valence-corrected chi connectivity index (χ4v) is 2.80. The standard InChI is InChI=1S/C15H17N3O2/c19-15(20)13-4-1-2-5-14(13)17-10-6-12(7-11-17)18-9-3-8-16-18/h1-5,8-9,12H,6-7,10-11H2,(H,19,20). The minimum atomic E-state index is -0.866.